The maximum atomic E-state index is 11.1. The summed E-state index contributed by atoms with van der Waals surface area (Å²) >= 11 is 0. The van der Waals surface area contributed by atoms with Crippen LogP contribution in [0, 0.1) is 0 Å². The number of benzene rings is 1. The number of aromatic carboxylic acids is 1. The Balaban J connectivity index is 3.04. The average molecular weight is 238 g/mol. The number of rotatable bonds is 5. The molecule has 0 amide bonds. The molecule has 94 valence electrons. The Bertz CT molecular complexity index is 396. The largest absolute Gasteiger partial charge is 0.491 e. The quantitative estimate of drug-likeness (QED) is 0.856. The monoisotopic (exact) mass is 238 g/mol. The number of ether oxygens (including phenoxy) is 2. The minimum Gasteiger partial charge on any atom is -0.491 e. The number of hydrogen-bond acceptors (Lipinski definition) is 3. The van der Waals surface area contributed by atoms with Gasteiger partial charge in [0.05, 0.1) is 12.2 Å². The Labute approximate surface area is 101 Å². The Morgan fingerprint density at radius 1 is 1.12 bits per heavy atom. The Morgan fingerprint density at radius 3 is 2.18 bits per heavy atom. The number of hydrogen-bond donors (Lipinski definition) is 1. The third-order valence-corrected chi connectivity index (χ3v) is 1.92. The van der Waals surface area contributed by atoms with Crippen LogP contribution in [-0.2, 0) is 0 Å². The van der Waals surface area contributed by atoms with Gasteiger partial charge in [0.2, 0.25) is 0 Å². The Hall–Kier alpha value is -1.71. The maximum absolute atomic E-state index is 11.1. The second-order valence-electron chi connectivity index (χ2n) is 4.30. The van der Waals surface area contributed by atoms with Crippen molar-refractivity contribution >= 4 is 5.97 Å². The minimum absolute atomic E-state index is 0.00788. The van der Waals surface area contributed by atoms with Gasteiger partial charge in [-0.15, -0.1) is 0 Å². The Kier molecular flexibility index (Phi) is 4.37. The van der Waals surface area contributed by atoms with Gasteiger partial charge in [-0.05, 0) is 45.9 Å². The first-order valence-corrected chi connectivity index (χ1v) is 5.60. The van der Waals surface area contributed by atoms with Crippen molar-refractivity contribution in [3.63, 3.8) is 0 Å². The fraction of sp³-hybridized carbons (Fsp3) is 0.462. The van der Waals surface area contributed by atoms with E-state index in [2.05, 4.69) is 0 Å². The van der Waals surface area contributed by atoms with E-state index in [1.54, 1.807) is 12.1 Å². The standard InChI is InChI=1S/C13H18O4/c1-8(2)16-10-5-6-12(17-9(3)4)11(7-10)13(14)15/h5-9H,1-4H3,(H,14,15). The first-order chi connectivity index (χ1) is 7.90. The molecule has 0 bridgehead atoms. The van der Waals surface area contributed by atoms with E-state index in [-0.39, 0.29) is 17.8 Å². The smallest absolute Gasteiger partial charge is 0.339 e. The van der Waals surface area contributed by atoms with Crippen LogP contribution in [0.3, 0.4) is 0 Å². The number of carbonyl (C=O) groups is 1. The first-order valence-electron chi connectivity index (χ1n) is 5.60. The van der Waals surface area contributed by atoms with Crippen LogP contribution in [0.2, 0.25) is 0 Å². The van der Waals surface area contributed by atoms with Crippen molar-refractivity contribution < 1.29 is 19.4 Å². The second kappa shape index (κ2) is 5.57. The molecule has 0 fully saturated rings. The van der Waals surface area contributed by atoms with E-state index in [0.717, 1.165) is 0 Å². The van der Waals surface area contributed by atoms with Crippen molar-refractivity contribution in [1.82, 2.24) is 0 Å². The van der Waals surface area contributed by atoms with E-state index in [9.17, 15) is 4.79 Å². The van der Waals surface area contributed by atoms with Gasteiger partial charge in [-0.1, -0.05) is 0 Å². The maximum Gasteiger partial charge on any atom is 0.339 e. The highest BCUT2D eigenvalue weighted by Crippen LogP contribution is 2.25. The molecule has 17 heavy (non-hydrogen) atoms. The lowest BCUT2D eigenvalue weighted by Crippen LogP contribution is -2.11. The molecule has 0 aliphatic carbocycles. The van der Waals surface area contributed by atoms with Crippen molar-refractivity contribution in [1.29, 1.82) is 0 Å². The van der Waals surface area contributed by atoms with Crippen LogP contribution in [0.1, 0.15) is 38.1 Å². The van der Waals surface area contributed by atoms with Gasteiger partial charge >= 0.3 is 5.97 Å². The predicted molar refractivity (Wildman–Crippen MR) is 64.9 cm³/mol. The van der Waals surface area contributed by atoms with E-state index in [1.807, 2.05) is 27.7 Å². The summed E-state index contributed by atoms with van der Waals surface area (Å²) in [5.41, 5.74) is 0.122. The van der Waals surface area contributed by atoms with Gasteiger partial charge in [0.25, 0.3) is 0 Å². The molecule has 1 N–H and O–H groups in total. The van der Waals surface area contributed by atoms with Gasteiger partial charge in [-0.2, -0.15) is 0 Å². The molecular formula is C13H18O4. The van der Waals surface area contributed by atoms with Crippen molar-refractivity contribution in [3.8, 4) is 11.5 Å². The molecule has 0 saturated heterocycles. The van der Waals surface area contributed by atoms with E-state index in [4.69, 9.17) is 14.6 Å². The van der Waals surface area contributed by atoms with Crippen LogP contribution in [-0.4, -0.2) is 23.3 Å². The van der Waals surface area contributed by atoms with Gasteiger partial charge in [-0.25, -0.2) is 4.79 Å². The molecule has 0 atom stereocenters. The summed E-state index contributed by atoms with van der Waals surface area (Å²) in [6, 6.07) is 4.82. The molecule has 0 radical (unpaired) electrons. The van der Waals surface area contributed by atoms with Crippen LogP contribution in [0.15, 0.2) is 18.2 Å². The highest BCUT2D eigenvalue weighted by atomic mass is 16.5. The molecule has 4 heteroatoms. The third-order valence-electron chi connectivity index (χ3n) is 1.92. The summed E-state index contributed by atoms with van der Waals surface area (Å²) < 4.78 is 10.9. The number of carboxylic acids is 1. The lowest BCUT2D eigenvalue weighted by atomic mass is 10.2. The zero-order valence-corrected chi connectivity index (χ0v) is 10.6. The molecule has 0 aliphatic heterocycles. The molecule has 0 spiro atoms. The molecule has 1 aromatic rings. The fourth-order valence-corrected chi connectivity index (χ4v) is 1.38. The summed E-state index contributed by atoms with van der Waals surface area (Å²) in [4.78, 5) is 11.1. The third kappa shape index (κ3) is 3.98. The second-order valence-corrected chi connectivity index (χ2v) is 4.30. The summed E-state index contributed by atoms with van der Waals surface area (Å²) in [6.45, 7) is 7.48. The lowest BCUT2D eigenvalue weighted by molar-refractivity contribution is 0.0689. The molecule has 0 aromatic heterocycles. The van der Waals surface area contributed by atoms with E-state index >= 15 is 0 Å². The zero-order valence-electron chi connectivity index (χ0n) is 10.6. The normalized spacial score (nSPS) is 10.7. The van der Waals surface area contributed by atoms with E-state index in [1.165, 1.54) is 6.07 Å². The van der Waals surface area contributed by atoms with Gasteiger partial charge in [0.1, 0.15) is 17.1 Å². The van der Waals surface area contributed by atoms with E-state index < -0.39 is 5.97 Å². The van der Waals surface area contributed by atoms with Crippen molar-refractivity contribution in [2.24, 2.45) is 0 Å². The van der Waals surface area contributed by atoms with Crippen LogP contribution in [0.25, 0.3) is 0 Å². The van der Waals surface area contributed by atoms with Gasteiger partial charge in [0, 0.05) is 0 Å². The van der Waals surface area contributed by atoms with Crippen LogP contribution in [0.4, 0.5) is 0 Å². The summed E-state index contributed by atoms with van der Waals surface area (Å²) in [6.07, 6.45) is -0.0570. The summed E-state index contributed by atoms with van der Waals surface area (Å²) in [7, 11) is 0. The Morgan fingerprint density at radius 2 is 1.71 bits per heavy atom. The zero-order chi connectivity index (χ0) is 13.0. The lowest BCUT2D eigenvalue weighted by Gasteiger charge is -2.15. The molecule has 1 rings (SSSR count). The van der Waals surface area contributed by atoms with Crippen molar-refractivity contribution in [3.05, 3.63) is 23.8 Å². The molecule has 1 aromatic carbocycles. The fourth-order valence-electron chi connectivity index (χ4n) is 1.38. The first kappa shape index (κ1) is 13.4. The van der Waals surface area contributed by atoms with Gasteiger partial charge in [0.15, 0.2) is 0 Å². The summed E-state index contributed by atoms with van der Waals surface area (Å²) in [5, 5.41) is 9.10. The van der Waals surface area contributed by atoms with Gasteiger partial charge in [-0.3, -0.25) is 0 Å². The molecule has 0 unspecified atom stereocenters. The van der Waals surface area contributed by atoms with Crippen LogP contribution >= 0.6 is 0 Å². The molecular weight excluding hydrogens is 220 g/mol. The molecule has 4 nitrogen and oxygen atoms in total. The minimum atomic E-state index is -1.02. The average Bonchev–Trinajstić information content (AvgIpc) is 2.18. The van der Waals surface area contributed by atoms with Crippen LogP contribution < -0.4 is 9.47 Å². The highest BCUT2D eigenvalue weighted by Gasteiger charge is 2.14. The topological polar surface area (TPSA) is 55.8 Å². The SMILES string of the molecule is CC(C)Oc1ccc(OC(C)C)c(C(=O)O)c1. The van der Waals surface area contributed by atoms with Gasteiger partial charge < -0.3 is 14.6 Å². The van der Waals surface area contributed by atoms with E-state index in [0.29, 0.717) is 11.5 Å². The molecule has 0 heterocycles. The molecule has 0 saturated carbocycles. The molecule has 0 aliphatic rings. The van der Waals surface area contributed by atoms with Crippen molar-refractivity contribution in [2.45, 2.75) is 39.9 Å². The number of carboxylic acid groups (broad SMARTS) is 1. The summed E-state index contributed by atoms with van der Waals surface area (Å²) in [5.74, 6) is -0.119. The highest BCUT2D eigenvalue weighted by molar-refractivity contribution is 5.91. The predicted octanol–water partition coefficient (Wildman–Crippen LogP) is 2.96. The van der Waals surface area contributed by atoms with Crippen molar-refractivity contribution in [2.75, 3.05) is 0 Å². The van der Waals surface area contributed by atoms with Crippen LogP contribution in [0.5, 0.6) is 11.5 Å².